The van der Waals surface area contributed by atoms with Gasteiger partial charge in [0.1, 0.15) is 0 Å². The number of hydrogen-bond acceptors (Lipinski definition) is 2. The standard InChI is InChI=1S/C13H25N3O/c1-13(2)10(8-11(13)17-3)16-12(14)15-9-6-4-5-7-9/h9-11H,4-8H2,1-3H3,(H3,14,15,16). The van der Waals surface area contributed by atoms with Crippen molar-refractivity contribution in [3.05, 3.63) is 0 Å². The molecule has 17 heavy (non-hydrogen) atoms. The fraction of sp³-hybridized carbons (Fsp3) is 0.923. The maximum absolute atomic E-state index is 5.97. The minimum Gasteiger partial charge on any atom is -0.381 e. The van der Waals surface area contributed by atoms with Crippen LogP contribution in [0.25, 0.3) is 0 Å². The van der Waals surface area contributed by atoms with Crippen molar-refractivity contribution in [3.63, 3.8) is 0 Å². The van der Waals surface area contributed by atoms with Gasteiger partial charge in [-0.3, -0.25) is 0 Å². The predicted molar refractivity (Wildman–Crippen MR) is 70.0 cm³/mol. The Morgan fingerprint density at radius 1 is 1.35 bits per heavy atom. The Balaban J connectivity index is 1.87. The predicted octanol–water partition coefficient (Wildman–Crippen LogP) is 1.65. The van der Waals surface area contributed by atoms with E-state index in [1.807, 2.05) is 0 Å². The summed E-state index contributed by atoms with van der Waals surface area (Å²) in [5.74, 6) is 0.615. The Kier molecular flexibility index (Phi) is 3.61. The summed E-state index contributed by atoms with van der Waals surface area (Å²) in [6.07, 6.45) is 6.37. The maximum atomic E-state index is 5.97. The van der Waals surface area contributed by atoms with E-state index >= 15 is 0 Å². The molecule has 2 saturated carbocycles. The molecule has 2 unspecified atom stereocenters. The van der Waals surface area contributed by atoms with Crippen LogP contribution in [0.15, 0.2) is 4.99 Å². The molecule has 2 atom stereocenters. The highest BCUT2D eigenvalue weighted by molar-refractivity contribution is 5.78. The van der Waals surface area contributed by atoms with Gasteiger partial charge in [0.15, 0.2) is 5.96 Å². The molecule has 2 fully saturated rings. The molecule has 3 N–H and O–H groups in total. The van der Waals surface area contributed by atoms with E-state index in [1.165, 1.54) is 25.7 Å². The highest BCUT2D eigenvalue weighted by atomic mass is 16.5. The zero-order chi connectivity index (χ0) is 12.5. The molecule has 4 nitrogen and oxygen atoms in total. The first kappa shape index (κ1) is 12.7. The van der Waals surface area contributed by atoms with Gasteiger partial charge in [-0.15, -0.1) is 0 Å². The van der Waals surface area contributed by atoms with Crippen LogP contribution in [-0.4, -0.2) is 31.3 Å². The largest absolute Gasteiger partial charge is 0.381 e. The minimum absolute atomic E-state index is 0.108. The smallest absolute Gasteiger partial charge is 0.189 e. The first-order valence-corrected chi connectivity index (χ1v) is 6.66. The molecule has 0 heterocycles. The van der Waals surface area contributed by atoms with Gasteiger partial charge in [-0.2, -0.15) is 0 Å². The number of guanidine groups is 1. The van der Waals surface area contributed by atoms with Crippen molar-refractivity contribution in [2.45, 2.75) is 64.1 Å². The molecule has 0 bridgehead atoms. The number of methoxy groups -OCH3 is 1. The van der Waals surface area contributed by atoms with Gasteiger partial charge in [-0.05, 0) is 19.3 Å². The van der Waals surface area contributed by atoms with Gasteiger partial charge < -0.3 is 15.8 Å². The molecule has 0 amide bonds. The molecule has 0 radical (unpaired) electrons. The zero-order valence-corrected chi connectivity index (χ0v) is 11.2. The molecule has 2 aliphatic rings. The van der Waals surface area contributed by atoms with E-state index in [4.69, 9.17) is 10.5 Å². The van der Waals surface area contributed by atoms with Crippen LogP contribution >= 0.6 is 0 Å². The summed E-state index contributed by atoms with van der Waals surface area (Å²) in [6.45, 7) is 4.39. The Morgan fingerprint density at radius 2 is 2.00 bits per heavy atom. The van der Waals surface area contributed by atoms with E-state index in [-0.39, 0.29) is 5.41 Å². The van der Waals surface area contributed by atoms with Gasteiger partial charge in [0.25, 0.3) is 0 Å². The normalized spacial score (nSPS) is 33.5. The van der Waals surface area contributed by atoms with Gasteiger partial charge in [-0.25, -0.2) is 4.99 Å². The molecule has 2 rings (SSSR count). The fourth-order valence-corrected chi connectivity index (χ4v) is 2.97. The van der Waals surface area contributed by atoms with E-state index < -0.39 is 0 Å². The van der Waals surface area contributed by atoms with E-state index in [0.717, 1.165) is 6.42 Å². The topological polar surface area (TPSA) is 59.6 Å². The molecular weight excluding hydrogens is 214 g/mol. The number of rotatable bonds is 3. The summed E-state index contributed by atoms with van der Waals surface area (Å²) in [5.41, 5.74) is 6.08. The van der Waals surface area contributed by atoms with Crippen molar-refractivity contribution >= 4 is 5.96 Å². The summed E-state index contributed by atoms with van der Waals surface area (Å²) in [6, 6.07) is 0.835. The highest BCUT2D eigenvalue weighted by Crippen LogP contribution is 2.44. The third-order valence-electron chi connectivity index (χ3n) is 4.41. The maximum Gasteiger partial charge on any atom is 0.189 e. The average molecular weight is 239 g/mol. The van der Waals surface area contributed by atoms with E-state index in [0.29, 0.717) is 24.1 Å². The molecule has 0 aromatic heterocycles. The molecule has 2 aliphatic carbocycles. The lowest BCUT2D eigenvalue weighted by Crippen LogP contribution is -2.54. The van der Waals surface area contributed by atoms with Crippen LogP contribution in [0.1, 0.15) is 46.0 Å². The first-order chi connectivity index (χ1) is 8.04. The summed E-state index contributed by atoms with van der Waals surface area (Å²) in [7, 11) is 1.77. The number of nitrogens with zero attached hydrogens (tertiary/aromatic N) is 1. The van der Waals surface area contributed by atoms with Crippen molar-refractivity contribution in [2.24, 2.45) is 16.1 Å². The van der Waals surface area contributed by atoms with Crippen LogP contribution in [-0.2, 0) is 4.74 Å². The molecule has 0 aromatic rings. The Bertz CT molecular complexity index is 295. The number of ether oxygens (including phenoxy) is 1. The van der Waals surface area contributed by atoms with Crippen LogP contribution in [0.2, 0.25) is 0 Å². The summed E-state index contributed by atoms with van der Waals surface area (Å²) < 4.78 is 5.42. The number of nitrogens with one attached hydrogen (secondary N) is 1. The van der Waals surface area contributed by atoms with Crippen molar-refractivity contribution in [2.75, 3.05) is 7.11 Å². The average Bonchev–Trinajstić information content (AvgIpc) is 2.76. The number of nitrogens with two attached hydrogens (primary N) is 1. The second kappa shape index (κ2) is 4.84. The summed E-state index contributed by atoms with van der Waals surface area (Å²) in [5, 5.41) is 3.34. The second-order valence-electron chi connectivity index (χ2n) is 5.94. The van der Waals surface area contributed by atoms with Gasteiger partial charge in [0.2, 0.25) is 0 Å². The van der Waals surface area contributed by atoms with E-state index in [9.17, 15) is 0 Å². The van der Waals surface area contributed by atoms with Crippen molar-refractivity contribution in [1.29, 1.82) is 0 Å². The van der Waals surface area contributed by atoms with Gasteiger partial charge >= 0.3 is 0 Å². The zero-order valence-electron chi connectivity index (χ0n) is 11.2. The Labute approximate surface area is 104 Å². The summed E-state index contributed by atoms with van der Waals surface area (Å²) in [4.78, 5) is 4.60. The minimum atomic E-state index is 0.108. The van der Waals surface area contributed by atoms with Gasteiger partial charge in [-0.1, -0.05) is 26.7 Å². The summed E-state index contributed by atoms with van der Waals surface area (Å²) >= 11 is 0. The molecule has 98 valence electrons. The van der Waals surface area contributed by atoms with E-state index in [1.54, 1.807) is 7.11 Å². The first-order valence-electron chi connectivity index (χ1n) is 6.66. The van der Waals surface area contributed by atoms with Gasteiger partial charge in [0.05, 0.1) is 12.1 Å². The number of aliphatic imine (C=N–C) groups is 1. The lowest BCUT2D eigenvalue weighted by Gasteiger charge is -2.49. The molecular formula is C13H25N3O. The third-order valence-corrected chi connectivity index (χ3v) is 4.41. The van der Waals surface area contributed by atoms with Crippen molar-refractivity contribution in [1.82, 2.24) is 5.32 Å². The van der Waals surface area contributed by atoms with Crippen molar-refractivity contribution < 1.29 is 4.74 Å². The van der Waals surface area contributed by atoms with Crippen LogP contribution in [0.5, 0.6) is 0 Å². The van der Waals surface area contributed by atoms with Crippen LogP contribution in [0.4, 0.5) is 0 Å². The van der Waals surface area contributed by atoms with Crippen LogP contribution in [0.3, 0.4) is 0 Å². The Morgan fingerprint density at radius 3 is 2.53 bits per heavy atom. The molecule has 0 saturated heterocycles. The quantitative estimate of drug-likeness (QED) is 0.581. The van der Waals surface area contributed by atoms with Gasteiger partial charge in [0, 0.05) is 18.6 Å². The van der Waals surface area contributed by atoms with Crippen LogP contribution in [0, 0.1) is 5.41 Å². The molecule has 0 aromatic carbocycles. The second-order valence-corrected chi connectivity index (χ2v) is 5.94. The number of hydrogen-bond donors (Lipinski definition) is 2. The molecule has 0 aliphatic heterocycles. The fourth-order valence-electron chi connectivity index (χ4n) is 2.97. The molecule has 4 heteroatoms. The lowest BCUT2D eigenvalue weighted by molar-refractivity contribution is -0.0851. The third kappa shape index (κ3) is 2.57. The Hall–Kier alpha value is -0.770. The van der Waals surface area contributed by atoms with Crippen molar-refractivity contribution in [3.8, 4) is 0 Å². The lowest BCUT2D eigenvalue weighted by atomic mass is 9.65. The molecule has 0 spiro atoms. The highest BCUT2D eigenvalue weighted by Gasteiger charge is 2.48. The monoisotopic (exact) mass is 239 g/mol. The SMILES string of the molecule is COC1CC(N=C(N)NC2CCCC2)C1(C)C. The van der Waals surface area contributed by atoms with Crippen LogP contribution < -0.4 is 11.1 Å². The van der Waals surface area contributed by atoms with E-state index in [2.05, 4.69) is 24.2 Å².